The molecule has 0 spiro atoms. The van der Waals surface area contributed by atoms with Gasteiger partial charge in [-0.05, 0) is 37.5 Å². The Bertz CT molecular complexity index is 695. The van der Waals surface area contributed by atoms with Gasteiger partial charge >= 0.3 is 0 Å². The van der Waals surface area contributed by atoms with Crippen LogP contribution in [-0.2, 0) is 13.5 Å². The Morgan fingerprint density at radius 3 is 3.10 bits per heavy atom. The summed E-state index contributed by atoms with van der Waals surface area (Å²) in [6.07, 6.45) is 4.81. The summed E-state index contributed by atoms with van der Waals surface area (Å²) in [4.78, 5) is 12.4. The van der Waals surface area contributed by atoms with Crippen LogP contribution in [0.1, 0.15) is 40.5 Å². The van der Waals surface area contributed by atoms with Gasteiger partial charge in [0.1, 0.15) is 0 Å². The van der Waals surface area contributed by atoms with Crippen LogP contribution in [0.15, 0.2) is 24.4 Å². The number of aromatic nitrogens is 2. The summed E-state index contributed by atoms with van der Waals surface area (Å²) in [5, 5.41) is 7.80. The molecule has 0 radical (unpaired) electrons. The Morgan fingerprint density at radius 2 is 2.33 bits per heavy atom. The van der Waals surface area contributed by atoms with Crippen molar-refractivity contribution in [2.24, 2.45) is 7.05 Å². The van der Waals surface area contributed by atoms with E-state index in [-0.39, 0.29) is 11.9 Å². The van der Waals surface area contributed by atoms with Crippen LogP contribution in [0.3, 0.4) is 0 Å². The van der Waals surface area contributed by atoms with E-state index in [0.29, 0.717) is 16.3 Å². The number of aryl methyl sites for hydroxylation is 1. The number of amides is 1. The molecule has 1 amide bonds. The average Bonchev–Trinajstić information content (AvgIpc) is 2.85. The fourth-order valence-electron chi connectivity index (χ4n) is 2.78. The molecule has 3 rings (SSSR count). The van der Waals surface area contributed by atoms with Gasteiger partial charge in [0, 0.05) is 23.9 Å². The van der Waals surface area contributed by atoms with Crippen LogP contribution in [0.4, 0.5) is 5.69 Å². The molecule has 1 aliphatic rings. The molecule has 0 fully saturated rings. The number of anilines is 1. The van der Waals surface area contributed by atoms with Gasteiger partial charge in [-0.3, -0.25) is 9.48 Å². The van der Waals surface area contributed by atoms with Gasteiger partial charge in [0.15, 0.2) is 0 Å². The highest BCUT2D eigenvalue weighted by molar-refractivity contribution is 6.33. The van der Waals surface area contributed by atoms with Crippen LogP contribution in [-0.4, -0.2) is 15.7 Å². The van der Waals surface area contributed by atoms with E-state index in [1.54, 1.807) is 18.2 Å². The quantitative estimate of drug-likeness (QED) is 0.837. The van der Waals surface area contributed by atoms with E-state index in [9.17, 15) is 4.79 Å². The smallest absolute Gasteiger partial charge is 0.251 e. The van der Waals surface area contributed by atoms with E-state index in [1.807, 2.05) is 17.9 Å². The first-order valence-electron chi connectivity index (χ1n) is 6.93. The summed E-state index contributed by atoms with van der Waals surface area (Å²) < 4.78 is 1.88. The molecule has 1 unspecified atom stereocenters. The number of hydrogen-bond acceptors (Lipinski definition) is 3. The lowest BCUT2D eigenvalue weighted by atomic mass is 9.92. The van der Waals surface area contributed by atoms with Gasteiger partial charge in [0.05, 0.1) is 22.9 Å². The number of nitrogens with one attached hydrogen (secondary N) is 1. The van der Waals surface area contributed by atoms with Gasteiger partial charge in [-0.15, -0.1) is 0 Å². The SMILES string of the molecule is Cn1ncc2c1CCCC2NC(=O)c1ccc(Cl)c(N)c1. The summed E-state index contributed by atoms with van der Waals surface area (Å²) in [5.74, 6) is -0.139. The zero-order chi connectivity index (χ0) is 15.0. The van der Waals surface area contributed by atoms with E-state index in [1.165, 1.54) is 5.69 Å². The van der Waals surface area contributed by atoms with Crippen molar-refractivity contribution in [3.63, 3.8) is 0 Å². The van der Waals surface area contributed by atoms with E-state index in [4.69, 9.17) is 17.3 Å². The monoisotopic (exact) mass is 304 g/mol. The Labute approximate surface area is 128 Å². The molecule has 1 aliphatic carbocycles. The summed E-state index contributed by atoms with van der Waals surface area (Å²) in [6, 6.07) is 4.93. The largest absolute Gasteiger partial charge is 0.398 e. The molecule has 1 aromatic heterocycles. The second-order valence-corrected chi connectivity index (χ2v) is 5.73. The number of nitrogens with two attached hydrogens (primary N) is 1. The number of benzene rings is 1. The maximum atomic E-state index is 12.4. The van der Waals surface area contributed by atoms with Gasteiger partial charge in [-0.25, -0.2) is 0 Å². The highest BCUT2D eigenvalue weighted by Crippen LogP contribution is 2.29. The molecular weight excluding hydrogens is 288 g/mol. The maximum Gasteiger partial charge on any atom is 0.251 e. The minimum Gasteiger partial charge on any atom is -0.398 e. The zero-order valence-electron chi connectivity index (χ0n) is 11.8. The van der Waals surface area contributed by atoms with Crippen LogP contribution >= 0.6 is 11.6 Å². The second kappa shape index (κ2) is 5.41. The molecule has 3 N–H and O–H groups in total. The molecular formula is C15H17ClN4O. The number of carbonyl (C=O) groups excluding carboxylic acids is 1. The van der Waals surface area contributed by atoms with Crippen molar-refractivity contribution >= 4 is 23.2 Å². The molecule has 110 valence electrons. The maximum absolute atomic E-state index is 12.4. The van der Waals surface area contributed by atoms with E-state index in [0.717, 1.165) is 24.8 Å². The van der Waals surface area contributed by atoms with Crippen LogP contribution in [0, 0.1) is 0 Å². The number of nitrogen functional groups attached to an aromatic ring is 1. The Morgan fingerprint density at radius 1 is 1.52 bits per heavy atom. The molecule has 2 aromatic rings. The topological polar surface area (TPSA) is 72.9 Å². The Kier molecular flexibility index (Phi) is 3.59. The van der Waals surface area contributed by atoms with Crippen LogP contribution in [0.5, 0.6) is 0 Å². The van der Waals surface area contributed by atoms with Gasteiger partial charge in [0.25, 0.3) is 5.91 Å². The summed E-state index contributed by atoms with van der Waals surface area (Å²) in [6.45, 7) is 0. The second-order valence-electron chi connectivity index (χ2n) is 5.32. The molecule has 1 aromatic carbocycles. The predicted molar refractivity (Wildman–Crippen MR) is 82.2 cm³/mol. The van der Waals surface area contributed by atoms with Crippen molar-refractivity contribution in [1.82, 2.24) is 15.1 Å². The van der Waals surface area contributed by atoms with Gasteiger partial charge in [-0.2, -0.15) is 5.10 Å². The minimum atomic E-state index is -0.139. The molecule has 0 bridgehead atoms. The van der Waals surface area contributed by atoms with Crippen molar-refractivity contribution in [1.29, 1.82) is 0 Å². The fourth-order valence-corrected chi connectivity index (χ4v) is 2.90. The summed E-state index contributed by atoms with van der Waals surface area (Å²) >= 11 is 5.88. The Balaban J connectivity index is 1.81. The van der Waals surface area contributed by atoms with Crippen LogP contribution in [0.2, 0.25) is 5.02 Å². The van der Waals surface area contributed by atoms with Crippen molar-refractivity contribution in [3.8, 4) is 0 Å². The predicted octanol–water partition coefficient (Wildman–Crippen LogP) is 2.46. The van der Waals surface area contributed by atoms with Gasteiger partial charge in [0.2, 0.25) is 0 Å². The molecule has 1 atom stereocenters. The number of hydrogen-bond donors (Lipinski definition) is 2. The van der Waals surface area contributed by atoms with Crippen LogP contribution < -0.4 is 11.1 Å². The Hall–Kier alpha value is -2.01. The van der Waals surface area contributed by atoms with Crippen molar-refractivity contribution in [2.45, 2.75) is 25.3 Å². The zero-order valence-corrected chi connectivity index (χ0v) is 12.5. The number of nitrogens with zero attached hydrogens (tertiary/aromatic N) is 2. The first kappa shape index (κ1) is 13.9. The number of carbonyl (C=O) groups is 1. The summed E-state index contributed by atoms with van der Waals surface area (Å²) in [7, 11) is 1.93. The number of rotatable bonds is 2. The molecule has 6 heteroatoms. The van der Waals surface area contributed by atoms with Crippen molar-refractivity contribution in [2.75, 3.05) is 5.73 Å². The van der Waals surface area contributed by atoms with E-state index in [2.05, 4.69) is 10.4 Å². The molecule has 0 aliphatic heterocycles. The fraction of sp³-hybridized carbons (Fsp3) is 0.333. The number of fused-ring (bicyclic) bond motifs is 1. The third-order valence-electron chi connectivity index (χ3n) is 3.94. The van der Waals surface area contributed by atoms with E-state index < -0.39 is 0 Å². The number of halogens is 1. The molecule has 21 heavy (non-hydrogen) atoms. The van der Waals surface area contributed by atoms with Gasteiger partial charge in [-0.1, -0.05) is 11.6 Å². The highest BCUT2D eigenvalue weighted by atomic mass is 35.5. The first-order valence-corrected chi connectivity index (χ1v) is 7.30. The normalized spacial score (nSPS) is 17.3. The van der Waals surface area contributed by atoms with Crippen molar-refractivity contribution in [3.05, 3.63) is 46.2 Å². The standard InChI is InChI=1S/C15H17ClN4O/c1-20-14-4-2-3-13(10(14)8-18-20)19-15(21)9-5-6-11(16)12(17)7-9/h5-8,13H,2-4,17H2,1H3,(H,19,21). The molecule has 5 nitrogen and oxygen atoms in total. The summed E-state index contributed by atoms with van der Waals surface area (Å²) in [5.41, 5.74) is 8.99. The molecule has 0 saturated carbocycles. The highest BCUT2D eigenvalue weighted by Gasteiger charge is 2.25. The first-order chi connectivity index (χ1) is 10.1. The van der Waals surface area contributed by atoms with Crippen LogP contribution in [0.25, 0.3) is 0 Å². The lowest BCUT2D eigenvalue weighted by molar-refractivity contribution is 0.0932. The van der Waals surface area contributed by atoms with E-state index >= 15 is 0 Å². The third kappa shape index (κ3) is 2.61. The molecule has 0 saturated heterocycles. The third-order valence-corrected chi connectivity index (χ3v) is 4.28. The van der Waals surface area contributed by atoms with Gasteiger partial charge < -0.3 is 11.1 Å². The van der Waals surface area contributed by atoms with Crippen molar-refractivity contribution < 1.29 is 4.79 Å². The minimum absolute atomic E-state index is 0.00634. The lowest BCUT2D eigenvalue weighted by Crippen LogP contribution is -2.31. The lowest BCUT2D eigenvalue weighted by Gasteiger charge is -2.24. The average molecular weight is 305 g/mol. The molecule has 1 heterocycles.